The first kappa shape index (κ1) is 14.4. The Morgan fingerprint density at radius 2 is 1.84 bits per heavy atom. The average Bonchev–Trinajstić information content (AvgIpc) is 2.46. The molecule has 0 radical (unpaired) electrons. The fourth-order valence-corrected chi connectivity index (χ4v) is 2.76. The van der Waals surface area contributed by atoms with E-state index in [0.717, 1.165) is 11.0 Å². The van der Waals surface area contributed by atoms with Crippen LogP contribution in [0.2, 0.25) is 0 Å². The monoisotopic (exact) mass is 385 g/mol. The van der Waals surface area contributed by atoms with Crippen molar-refractivity contribution in [3.8, 4) is 0 Å². The highest BCUT2D eigenvalue weighted by molar-refractivity contribution is 9.09. The normalized spacial score (nSPS) is 11.5. The van der Waals surface area contributed by atoms with Crippen molar-refractivity contribution in [2.75, 3.05) is 10.7 Å². The van der Waals surface area contributed by atoms with Gasteiger partial charge in [0, 0.05) is 28.6 Å². The number of alkyl halides is 2. The molecular weight excluding hydrogens is 374 g/mol. The van der Waals surface area contributed by atoms with Crippen LogP contribution in [-0.4, -0.2) is 32.1 Å². The van der Waals surface area contributed by atoms with Gasteiger partial charge < -0.3 is 5.32 Å². The zero-order chi connectivity index (χ0) is 13.9. The van der Waals surface area contributed by atoms with Crippen LogP contribution in [0.1, 0.15) is 17.3 Å². The smallest absolute Gasteiger partial charge is 0.251 e. The second-order valence-corrected chi connectivity index (χ2v) is 5.66. The number of rotatable bonds is 4. The Hall–Kier alpha value is -1.01. The van der Waals surface area contributed by atoms with E-state index in [1.54, 1.807) is 30.6 Å². The number of carbonyl (C=O) groups excluding carboxylic acids is 1. The molecule has 0 saturated carbocycles. The van der Waals surface area contributed by atoms with Crippen molar-refractivity contribution in [2.24, 2.45) is 0 Å². The third-order valence-electron chi connectivity index (χ3n) is 2.74. The van der Waals surface area contributed by atoms with Gasteiger partial charge in [0.05, 0.1) is 16.6 Å². The SMILES string of the molecule is CC(CBr)(CBr)NC(=O)c1ccc2nccnc2c1. The summed E-state index contributed by atoms with van der Waals surface area (Å²) in [7, 11) is 0. The number of carbonyl (C=O) groups is 1. The van der Waals surface area contributed by atoms with E-state index in [2.05, 4.69) is 47.1 Å². The standard InChI is InChI=1S/C13H13Br2N3O/c1-13(7-14,8-15)18-12(19)9-2-3-10-11(6-9)17-5-4-16-10/h2-6H,7-8H2,1H3,(H,18,19). The predicted octanol–water partition coefficient (Wildman–Crippen LogP) is 2.91. The Bertz CT molecular complexity index is 599. The summed E-state index contributed by atoms with van der Waals surface area (Å²) in [5.74, 6) is -0.117. The van der Waals surface area contributed by atoms with Gasteiger partial charge in [0.25, 0.3) is 5.91 Å². The molecule has 4 nitrogen and oxygen atoms in total. The maximum Gasteiger partial charge on any atom is 0.251 e. The van der Waals surface area contributed by atoms with Crippen LogP contribution in [0.3, 0.4) is 0 Å². The summed E-state index contributed by atoms with van der Waals surface area (Å²) in [6.45, 7) is 1.97. The zero-order valence-electron chi connectivity index (χ0n) is 10.4. The first-order valence-corrected chi connectivity index (χ1v) is 7.97. The van der Waals surface area contributed by atoms with E-state index in [-0.39, 0.29) is 11.4 Å². The largest absolute Gasteiger partial charge is 0.345 e. The Morgan fingerprint density at radius 1 is 1.21 bits per heavy atom. The molecule has 0 unspecified atom stereocenters. The minimum absolute atomic E-state index is 0.117. The van der Waals surface area contributed by atoms with Gasteiger partial charge in [0.1, 0.15) is 0 Å². The molecule has 1 N–H and O–H groups in total. The fraction of sp³-hybridized carbons (Fsp3) is 0.308. The van der Waals surface area contributed by atoms with Gasteiger partial charge in [-0.2, -0.15) is 0 Å². The van der Waals surface area contributed by atoms with E-state index in [9.17, 15) is 4.79 Å². The number of amides is 1. The molecule has 1 aromatic carbocycles. The summed E-state index contributed by atoms with van der Waals surface area (Å²) < 4.78 is 0. The topological polar surface area (TPSA) is 54.9 Å². The second-order valence-electron chi connectivity index (χ2n) is 4.54. The molecule has 1 heterocycles. The highest BCUT2D eigenvalue weighted by atomic mass is 79.9. The van der Waals surface area contributed by atoms with Crippen LogP contribution in [-0.2, 0) is 0 Å². The van der Waals surface area contributed by atoms with E-state index in [1.165, 1.54) is 0 Å². The predicted molar refractivity (Wildman–Crippen MR) is 83.0 cm³/mol. The first-order valence-electron chi connectivity index (χ1n) is 5.73. The highest BCUT2D eigenvalue weighted by Crippen LogP contribution is 2.15. The van der Waals surface area contributed by atoms with Crippen molar-refractivity contribution < 1.29 is 4.79 Å². The van der Waals surface area contributed by atoms with Gasteiger partial charge in [-0.05, 0) is 25.1 Å². The number of benzene rings is 1. The van der Waals surface area contributed by atoms with Gasteiger partial charge in [0.15, 0.2) is 0 Å². The molecule has 1 amide bonds. The Balaban J connectivity index is 2.26. The number of aromatic nitrogens is 2. The van der Waals surface area contributed by atoms with E-state index in [4.69, 9.17) is 0 Å². The van der Waals surface area contributed by atoms with E-state index < -0.39 is 0 Å². The summed E-state index contributed by atoms with van der Waals surface area (Å²) in [6.07, 6.45) is 3.25. The molecule has 2 rings (SSSR count). The van der Waals surface area contributed by atoms with Crippen LogP contribution >= 0.6 is 31.9 Å². The minimum atomic E-state index is -0.325. The molecule has 0 bridgehead atoms. The molecule has 0 saturated heterocycles. The van der Waals surface area contributed by atoms with Crippen molar-refractivity contribution in [2.45, 2.75) is 12.5 Å². The lowest BCUT2D eigenvalue weighted by molar-refractivity contribution is 0.0923. The van der Waals surface area contributed by atoms with Gasteiger partial charge >= 0.3 is 0 Å². The molecule has 0 aliphatic carbocycles. The van der Waals surface area contributed by atoms with Gasteiger partial charge in [-0.25, -0.2) is 0 Å². The molecule has 0 aliphatic heterocycles. The number of hydrogen-bond acceptors (Lipinski definition) is 3. The molecule has 1 aromatic heterocycles. The molecule has 2 aromatic rings. The maximum atomic E-state index is 12.2. The third-order valence-corrected chi connectivity index (χ3v) is 5.21. The molecule has 0 aliphatic rings. The molecule has 100 valence electrons. The van der Waals surface area contributed by atoms with Crippen LogP contribution in [0.15, 0.2) is 30.6 Å². The summed E-state index contributed by atoms with van der Waals surface area (Å²) in [4.78, 5) is 20.6. The van der Waals surface area contributed by atoms with Crippen LogP contribution in [0.25, 0.3) is 11.0 Å². The van der Waals surface area contributed by atoms with Crippen molar-refractivity contribution in [1.82, 2.24) is 15.3 Å². The molecule has 0 atom stereocenters. The second kappa shape index (κ2) is 5.96. The Kier molecular flexibility index (Phi) is 4.52. The Labute approximate surface area is 128 Å². The average molecular weight is 387 g/mol. The van der Waals surface area contributed by atoms with Crippen LogP contribution in [0, 0.1) is 0 Å². The molecule has 6 heteroatoms. The van der Waals surface area contributed by atoms with Crippen molar-refractivity contribution in [3.05, 3.63) is 36.2 Å². The number of nitrogens with one attached hydrogen (secondary N) is 1. The maximum absolute atomic E-state index is 12.2. The van der Waals surface area contributed by atoms with Gasteiger partial charge in [0.2, 0.25) is 0 Å². The molecule has 0 fully saturated rings. The summed E-state index contributed by atoms with van der Waals surface area (Å²) >= 11 is 6.81. The molecule has 0 spiro atoms. The summed E-state index contributed by atoms with van der Waals surface area (Å²) in [5, 5.41) is 4.33. The highest BCUT2D eigenvalue weighted by Gasteiger charge is 2.24. The molecular formula is C13H13Br2N3O. The minimum Gasteiger partial charge on any atom is -0.345 e. The van der Waals surface area contributed by atoms with Crippen molar-refractivity contribution in [1.29, 1.82) is 0 Å². The van der Waals surface area contributed by atoms with Gasteiger partial charge in [-0.1, -0.05) is 31.9 Å². The van der Waals surface area contributed by atoms with E-state index in [0.29, 0.717) is 16.2 Å². The van der Waals surface area contributed by atoms with Gasteiger partial charge in [-0.3, -0.25) is 14.8 Å². The Morgan fingerprint density at radius 3 is 2.47 bits per heavy atom. The van der Waals surface area contributed by atoms with E-state index in [1.807, 2.05) is 6.92 Å². The number of halogens is 2. The van der Waals surface area contributed by atoms with Crippen molar-refractivity contribution >= 4 is 48.8 Å². The van der Waals surface area contributed by atoms with Crippen molar-refractivity contribution in [3.63, 3.8) is 0 Å². The van der Waals surface area contributed by atoms with E-state index >= 15 is 0 Å². The summed E-state index contributed by atoms with van der Waals surface area (Å²) in [5.41, 5.74) is 1.76. The zero-order valence-corrected chi connectivity index (χ0v) is 13.5. The third kappa shape index (κ3) is 3.30. The lowest BCUT2D eigenvalue weighted by Crippen LogP contribution is -2.48. The number of fused-ring (bicyclic) bond motifs is 1. The lowest BCUT2D eigenvalue weighted by Gasteiger charge is -2.26. The van der Waals surface area contributed by atoms with Crippen LogP contribution in [0.4, 0.5) is 0 Å². The lowest BCUT2D eigenvalue weighted by atomic mass is 10.1. The van der Waals surface area contributed by atoms with Gasteiger partial charge in [-0.15, -0.1) is 0 Å². The van der Waals surface area contributed by atoms with Crippen LogP contribution < -0.4 is 5.32 Å². The molecule has 19 heavy (non-hydrogen) atoms. The fourth-order valence-electron chi connectivity index (χ4n) is 1.55. The number of hydrogen-bond donors (Lipinski definition) is 1. The quantitative estimate of drug-likeness (QED) is 0.822. The van der Waals surface area contributed by atoms with Crippen LogP contribution in [0.5, 0.6) is 0 Å². The first-order chi connectivity index (χ1) is 9.08. The number of nitrogens with zero attached hydrogens (tertiary/aromatic N) is 2. The summed E-state index contributed by atoms with van der Waals surface area (Å²) in [6, 6.07) is 5.31.